The third kappa shape index (κ3) is 5.74. The Hall–Kier alpha value is -3.02. The molecule has 2 aromatic carbocycles. The third-order valence-corrected chi connectivity index (χ3v) is 4.20. The van der Waals surface area contributed by atoms with Gasteiger partial charge in [0.05, 0.1) is 20.4 Å². The van der Waals surface area contributed by atoms with E-state index in [2.05, 4.69) is 31.3 Å². The third-order valence-electron chi connectivity index (χ3n) is 4.20. The van der Waals surface area contributed by atoms with Crippen molar-refractivity contribution in [3.63, 3.8) is 0 Å². The number of ether oxygens (including phenoxy) is 3. The van der Waals surface area contributed by atoms with Crippen molar-refractivity contribution in [2.24, 2.45) is 5.10 Å². The number of hydrogen-bond donors (Lipinski definition) is 1. The van der Waals surface area contributed by atoms with Crippen LogP contribution >= 0.6 is 0 Å². The van der Waals surface area contributed by atoms with Crippen LogP contribution in [0.15, 0.2) is 47.6 Å². The van der Waals surface area contributed by atoms with Crippen LogP contribution in [0, 0.1) is 0 Å². The molecule has 2 rings (SSSR count). The van der Waals surface area contributed by atoms with Gasteiger partial charge in [-0.05, 0) is 53.8 Å². The van der Waals surface area contributed by atoms with Gasteiger partial charge in [0, 0.05) is 0 Å². The van der Waals surface area contributed by atoms with Gasteiger partial charge in [0.1, 0.15) is 5.75 Å². The average molecular weight is 384 g/mol. The Bertz CT molecular complexity index is 823. The van der Waals surface area contributed by atoms with E-state index < -0.39 is 6.10 Å². The van der Waals surface area contributed by atoms with Gasteiger partial charge in [-0.3, -0.25) is 4.79 Å². The lowest BCUT2D eigenvalue weighted by atomic mass is 9.87. The molecule has 0 fully saturated rings. The van der Waals surface area contributed by atoms with Crippen molar-refractivity contribution >= 4 is 12.1 Å². The number of hydrogen-bond acceptors (Lipinski definition) is 5. The summed E-state index contributed by atoms with van der Waals surface area (Å²) in [5.74, 6) is 1.52. The molecule has 0 saturated carbocycles. The number of rotatable bonds is 7. The molecule has 0 bridgehead atoms. The molecule has 0 saturated heterocycles. The van der Waals surface area contributed by atoms with Crippen molar-refractivity contribution in [3.05, 3.63) is 53.6 Å². The summed E-state index contributed by atoms with van der Waals surface area (Å²) in [5.41, 5.74) is 4.53. The van der Waals surface area contributed by atoms with Crippen LogP contribution in [0.5, 0.6) is 17.2 Å². The molecule has 0 aromatic heterocycles. The van der Waals surface area contributed by atoms with Crippen LogP contribution in [-0.2, 0) is 10.2 Å². The fourth-order valence-corrected chi connectivity index (χ4v) is 2.49. The topological polar surface area (TPSA) is 69.2 Å². The summed E-state index contributed by atoms with van der Waals surface area (Å²) in [7, 11) is 3.14. The van der Waals surface area contributed by atoms with E-state index in [1.54, 1.807) is 33.3 Å². The van der Waals surface area contributed by atoms with Crippen LogP contribution < -0.4 is 19.6 Å². The highest BCUT2D eigenvalue weighted by Gasteiger charge is 2.16. The Morgan fingerprint density at radius 2 is 1.68 bits per heavy atom. The molecule has 0 heterocycles. The lowest BCUT2D eigenvalue weighted by Gasteiger charge is -2.20. The SMILES string of the molecule is COc1ccc(/C=N/NC(=O)C(C)Oc2ccc(C(C)(C)C)cc2)cc1OC. The van der Waals surface area contributed by atoms with Gasteiger partial charge in [0.25, 0.3) is 5.91 Å². The number of hydrazone groups is 1. The first-order valence-corrected chi connectivity index (χ1v) is 9.06. The molecular weight excluding hydrogens is 356 g/mol. The van der Waals surface area contributed by atoms with E-state index in [1.165, 1.54) is 11.8 Å². The summed E-state index contributed by atoms with van der Waals surface area (Å²) in [4.78, 5) is 12.2. The Morgan fingerprint density at radius 1 is 1.04 bits per heavy atom. The summed E-state index contributed by atoms with van der Waals surface area (Å²) in [6.07, 6.45) is 0.855. The molecule has 28 heavy (non-hydrogen) atoms. The number of nitrogens with zero attached hydrogens (tertiary/aromatic N) is 1. The van der Waals surface area contributed by atoms with E-state index in [0.717, 1.165) is 5.56 Å². The molecule has 0 aliphatic rings. The fourth-order valence-electron chi connectivity index (χ4n) is 2.49. The Morgan fingerprint density at radius 3 is 2.25 bits per heavy atom. The first kappa shape index (κ1) is 21.3. The normalized spacial score (nSPS) is 12.5. The summed E-state index contributed by atoms with van der Waals surface area (Å²) in [6.45, 7) is 8.12. The maximum atomic E-state index is 12.2. The van der Waals surface area contributed by atoms with Crippen LogP contribution in [-0.4, -0.2) is 32.4 Å². The fraction of sp³-hybridized carbons (Fsp3) is 0.364. The van der Waals surface area contributed by atoms with Crippen molar-refractivity contribution in [2.75, 3.05) is 14.2 Å². The molecule has 150 valence electrons. The summed E-state index contributed by atoms with van der Waals surface area (Å²) in [5, 5.41) is 3.98. The Kier molecular flexibility index (Phi) is 7.04. The van der Waals surface area contributed by atoms with Crippen LogP contribution in [0.4, 0.5) is 0 Å². The number of methoxy groups -OCH3 is 2. The number of carbonyl (C=O) groups excluding carboxylic acids is 1. The van der Waals surface area contributed by atoms with Crippen molar-refractivity contribution in [1.29, 1.82) is 0 Å². The van der Waals surface area contributed by atoms with Gasteiger partial charge in [0.15, 0.2) is 17.6 Å². The number of benzene rings is 2. The van der Waals surface area contributed by atoms with Crippen molar-refractivity contribution in [3.8, 4) is 17.2 Å². The van der Waals surface area contributed by atoms with Crippen molar-refractivity contribution < 1.29 is 19.0 Å². The van der Waals surface area contributed by atoms with E-state index in [1.807, 2.05) is 30.3 Å². The molecule has 6 heteroatoms. The predicted molar refractivity (Wildman–Crippen MR) is 111 cm³/mol. The number of nitrogens with one attached hydrogen (secondary N) is 1. The lowest BCUT2D eigenvalue weighted by Crippen LogP contribution is -2.33. The second-order valence-electron chi connectivity index (χ2n) is 7.38. The molecule has 0 aliphatic carbocycles. The highest BCUT2D eigenvalue weighted by molar-refractivity contribution is 5.84. The Labute approximate surface area is 166 Å². The molecule has 1 atom stereocenters. The second-order valence-corrected chi connectivity index (χ2v) is 7.38. The zero-order valence-corrected chi connectivity index (χ0v) is 17.3. The highest BCUT2D eigenvalue weighted by Crippen LogP contribution is 2.27. The van der Waals surface area contributed by atoms with Crippen molar-refractivity contribution in [2.45, 2.75) is 39.2 Å². The van der Waals surface area contributed by atoms with Crippen molar-refractivity contribution in [1.82, 2.24) is 5.43 Å². The Balaban J connectivity index is 1.92. The lowest BCUT2D eigenvalue weighted by molar-refractivity contribution is -0.127. The molecule has 1 N–H and O–H groups in total. The summed E-state index contributed by atoms with van der Waals surface area (Å²) >= 11 is 0. The predicted octanol–water partition coefficient (Wildman–Crippen LogP) is 3.92. The van der Waals surface area contributed by atoms with E-state index >= 15 is 0 Å². The second kappa shape index (κ2) is 9.26. The van der Waals surface area contributed by atoms with Gasteiger partial charge in [-0.2, -0.15) is 5.10 Å². The van der Waals surface area contributed by atoms with Gasteiger partial charge in [-0.15, -0.1) is 0 Å². The van der Waals surface area contributed by atoms with E-state index in [-0.39, 0.29) is 11.3 Å². The molecule has 1 unspecified atom stereocenters. The van der Waals surface area contributed by atoms with Gasteiger partial charge in [-0.1, -0.05) is 32.9 Å². The van der Waals surface area contributed by atoms with E-state index in [0.29, 0.717) is 17.2 Å². The maximum absolute atomic E-state index is 12.2. The largest absolute Gasteiger partial charge is 0.493 e. The maximum Gasteiger partial charge on any atom is 0.280 e. The molecule has 1 amide bonds. The van der Waals surface area contributed by atoms with Crippen LogP contribution in [0.2, 0.25) is 0 Å². The smallest absolute Gasteiger partial charge is 0.280 e. The molecule has 0 radical (unpaired) electrons. The number of amides is 1. The molecule has 0 spiro atoms. The first-order valence-electron chi connectivity index (χ1n) is 9.06. The minimum Gasteiger partial charge on any atom is -0.493 e. The quantitative estimate of drug-likeness (QED) is 0.580. The van der Waals surface area contributed by atoms with Gasteiger partial charge < -0.3 is 14.2 Å². The monoisotopic (exact) mass is 384 g/mol. The minimum absolute atomic E-state index is 0.0698. The van der Waals surface area contributed by atoms with Gasteiger partial charge >= 0.3 is 0 Å². The molecule has 2 aromatic rings. The number of carbonyl (C=O) groups is 1. The van der Waals surface area contributed by atoms with Crippen LogP contribution in [0.1, 0.15) is 38.8 Å². The summed E-state index contributed by atoms with van der Waals surface area (Å²) < 4.78 is 16.1. The standard InChI is InChI=1S/C22H28N2O4/c1-15(28-18-10-8-17(9-11-18)22(2,3)4)21(25)24-23-14-16-7-12-19(26-5)20(13-16)27-6/h7-15H,1-6H3,(H,24,25)/b23-14+. The summed E-state index contributed by atoms with van der Waals surface area (Å²) in [6, 6.07) is 13.1. The molecular formula is C22H28N2O4. The van der Waals surface area contributed by atoms with E-state index in [9.17, 15) is 4.79 Å². The zero-order valence-electron chi connectivity index (χ0n) is 17.3. The van der Waals surface area contributed by atoms with Gasteiger partial charge in [-0.25, -0.2) is 5.43 Å². The molecule has 0 aliphatic heterocycles. The highest BCUT2D eigenvalue weighted by atomic mass is 16.5. The van der Waals surface area contributed by atoms with E-state index in [4.69, 9.17) is 14.2 Å². The first-order chi connectivity index (χ1) is 13.2. The van der Waals surface area contributed by atoms with Crippen LogP contribution in [0.25, 0.3) is 0 Å². The zero-order chi connectivity index (χ0) is 20.7. The average Bonchev–Trinajstić information content (AvgIpc) is 2.67. The molecule has 6 nitrogen and oxygen atoms in total. The minimum atomic E-state index is -0.678. The van der Waals surface area contributed by atoms with Gasteiger partial charge in [0.2, 0.25) is 0 Å². The van der Waals surface area contributed by atoms with Crippen LogP contribution in [0.3, 0.4) is 0 Å².